The number of benzene rings is 4. The summed E-state index contributed by atoms with van der Waals surface area (Å²) in [4.78, 5) is 6.21. The van der Waals surface area contributed by atoms with Gasteiger partial charge in [0, 0.05) is 49.4 Å². The summed E-state index contributed by atoms with van der Waals surface area (Å²) in [6.45, 7) is 7.90. The molecule has 0 aliphatic carbocycles. The van der Waals surface area contributed by atoms with Crippen LogP contribution in [0, 0.1) is 13.8 Å². The molecule has 0 unspecified atom stereocenters. The monoisotopic (exact) mass is 712 g/mol. The summed E-state index contributed by atoms with van der Waals surface area (Å²) in [7, 11) is -2.70. The second-order valence-corrected chi connectivity index (χ2v) is 18.2. The lowest BCUT2D eigenvalue weighted by atomic mass is 9.91. The summed E-state index contributed by atoms with van der Waals surface area (Å²) < 4.78 is 52.2. The minimum atomic E-state index is -3.48. The Hall–Kier alpha value is -3.70. The number of rotatable bonds is 4. The standard InChI is InChI=1S/2C20H24N2O2S/c1-14-3-5-15(6-4-14)25(23,24)16-7-8-19-18(13-16)17-9-11-21-12-10-20(17)22(19)2;1-14-4-3-5-15(12-14)25(23,24)16-6-7-19-18(13-16)17-8-10-21-11-9-20(17)22(19)2/h3-8,13,17,20-21H,9-12H2,1-2H3;3-7,12-13,17,20-21H,8-11H2,1-2H3/t2*17-,20+/m00/s1. The van der Waals surface area contributed by atoms with Crippen molar-refractivity contribution in [2.45, 2.75) is 83.0 Å². The van der Waals surface area contributed by atoms with Crippen LogP contribution >= 0.6 is 0 Å². The van der Waals surface area contributed by atoms with Gasteiger partial charge in [-0.25, -0.2) is 16.8 Å². The molecule has 4 aliphatic heterocycles. The van der Waals surface area contributed by atoms with Crippen molar-refractivity contribution in [1.29, 1.82) is 0 Å². The fourth-order valence-electron chi connectivity index (χ4n) is 8.47. The largest absolute Gasteiger partial charge is 0.371 e. The number of aryl methyl sites for hydroxylation is 2. The lowest BCUT2D eigenvalue weighted by Gasteiger charge is -2.24. The molecular formula is C40H48N4O4S2. The first-order valence-electron chi connectivity index (χ1n) is 17.8. The Labute approximate surface area is 297 Å². The van der Waals surface area contributed by atoms with Gasteiger partial charge in [-0.3, -0.25) is 0 Å². The van der Waals surface area contributed by atoms with Crippen LogP contribution in [-0.2, 0) is 19.7 Å². The molecule has 4 atom stereocenters. The van der Waals surface area contributed by atoms with Crippen LogP contribution in [0.1, 0.15) is 59.8 Å². The number of hydrogen-bond donors (Lipinski definition) is 2. The van der Waals surface area contributed by atoms with Gasteiger partial charge in [-0.05, 0) is 143 Å². The molecule has 8 rings (SSSR count). The van der Waals surface area contributed by atoms with Crippen molar-refractivity contribution < 1.29 is 16.8 Å². The first-order valence-corrected chi connectivity index (χ1v) is 20.7. The third kappa shape index (κ3) is 6.36. The zero-order valence-electron chi connectivity index (χ0n) is 29.4. The van der Waals surface area contributed by atoms with Crippen molar-refractivity contribution in [2.24, 2.45) is 0 Å². The second-order valence-electron chi connectivity index (χ2n) is 14.3. The molecule has 0 saturated carbocycles. The van der Waals surface area contributed by atoms with Gasteiger partial charge in [-0.15, -0.1) is 0 Å². The Balaban J connectivity index is 0.000000157. The van der Waals surface area contributed by atoms with E-state index in [4.69, 9.17) is 0 Å². The van der Waals surface area contributed by atoms with Crippen molar-refractivity contribution in [3.8, 4) is 0 Å². The van der Waals surface area contributed by atoms with E-state index < -0.39 is 19.7 Å². The van der Waals surface area contributed by atoms with E-state index in [1.807, 2.05) is 56.3 Å². The SMILES string of the molecule is Cc1ccc(S(=O)(=O)c2ccc3c(c2)[C@@H]2CCNCC[C@H]2N3C)cc1.Cc1cccc(S(=O)(=O)c2ccc3c(c2)[C@@H]2CCNCC[C@H]2N3C)c1. The van der Waals surface area contributed by atoms with Crippen LogP contribution < -0.4 is 20.4 Å². The van der Waals surface area contributed by atoms with Crippen molar-refractivity contribution in [3.05, 3.63) is 107 Å². The molecule has 2 saturated heterocycles. The van der Waals surface area contributed by atoms with E-state index in [9.17, 15) is 16.8 Å². The van der Waals surface area contributed by atoms with Crippen molar-refractivity contribution >= 4 is 31.0 Å². The third-order valence-electron chi connectivity index (χ3n) is 11.2. The maximum atomic E-state index is 13.1. The minimum Gasteiger partial charge on any atom is -0.371 e. The van der Waals surface area contributed by atoms with Gasteiger partial charge in [0.25, 0.3) is 0 Å². The highest BCUT2D eigenvalue weighted by atomic mass is 32.2. The average Bonchev–Trinajstić information content (AvgIpc) is 3.32. The van der Waals surface area contributed by atoms with E-state index in [-0.39, 0.29) is 0 Å². The molecule has 4 heterocycles. The van der Waals surface area contributed by atoms with Gasteiger partial charge in [-0.2, -0.15) is 0 Å². The van der Waals surface area contributed by atoms with Crippen LogP contribution in [0.5, 0.6) is 0 Å². The number of fused-ring (bicyclic) bond motifs is 6. The lowest BCUT2D eigenvalue weighted by molar-refractivity contribution is 0.531. The summed E-state index contributed by atoms with van der Waals surface area (Å²) >= 11 is 0. The normalized spacial score (nSPS) is 23.0. The molecule has 2 fully saturated rings. The van der Waals surface area contributed by atoms with Gasteiger partial charge < -0.3 is 20.4 Å². The van der Waals surface area contributed by atoms with Crippen molar-refractivity contribution in [2.75, 3.05) is 50.1 Å². The highest BCUT2D eigenvalue weighted by molar-refractivity contribution is 7.91. The van der Waals surface area contributed by atoms with Gasteiger partial charge in [0.05, 0.1) is 19.6 Å². The Morgan fingerprint density at radius 2 is 0.960 bits per heavy atom. The molecule has 2 N–H and O–H groups in total. The van der Waals surface area contributed by atoms with E-state index in [2.05, 4.69) is 34.5 Å². The number of nitrogens with zero attached hydrogens (tertiary/aromatic N) is 2. The van der Waals surface area contributed by atoms with Gasteiger partial charge in [0.2, 0.25) is 19.7 Å². The predicted molar refractivity (Wildman–Crippen MR) is 200 cm³/mol. The quantitative estimate of drug-likeness (QED) is 0.257. The van der Waals surface area contributed by atoms with Crippen LogP contribution in [0.15, 0.2) is 105 Å². The maximum Gasteiger partial charge on any atom is 0.206 e. The zero-order valence-corrected chi connectivity index (χ0v) is 31.0. The molecule has 264 valence electrons. The Bertz CT molecular complexity index is 2100. The molecule has 0 radical (unpaired) electrons. The fraction of sp³-hybridized carbons (Fsp3) is 0.400. The fourth-order valence-corrected chi connectivity index (χ4v) is 11.2. The van der Waals surface area contributed by atoms with E-state index in [1.54, 1.807) is 42.5 Å². The molecule has 0 aromatic heterocycles. The van der Waals surface area contributed by atoms with Gasteiger partial charge in [0.1, 0.15) is 0 Å². The highest BCUT2D eigenvalue weighted by Crippen LogP contribution is 2.46. The number of anilines is 2. The molecule has 4 aromatic rings. The maximum absolute atomic E-state index is 13.1. The Kier molecular flexibility index (Phi) is 9.58. The molecule has 10 heteroatoms. The summed E-state index contributed by atoms with van der Waals surface area (Å²) in [5, 5.41) is 6.92. The summed E-state index contributed by atoms with van der Waals surface area (Å²) in [6, 6.07) is 26.5. The predicted octanol–water partition coefficient (Wildman–Crippen LogP) is 6.23. The Morgan fingerprint density at radius 3 is 1.46 bits per heavy atom. The van der Waals surface area contributed by atoms with Crippen LogP contribution in [0.3, 0.4) is 0 Å². The third-order valence-corrected chi connectivity index (χ3v) is 14.7. The van der Waals surface area contributed by atoms with E-state index >= 15 is 0 Å². The molecule has 0 spiro atoms. The van der Waals surface area contributed by atoms with Gasteiger partial charge in [-0.1, -0.05) is 29.8 Å². The number of hydrogen-bond acceptors (Lipinski definition) is 8. The van der Waals surface area contributed by atoms with Crippen LogP contribution in [-0.4, -0.2) is 69.2 Å². The molecule has 0 bridgehead atoms. The first-order chi connectivity index (χ1) is 24.0. The summed E-state index contributed by atoms with van der Waals surface area (Å²) in [5.74, 6) is 0.811. The number of likely N-dealkylation sites (N-methyl/N-ethyl adjacent to an activating group) is 2. The van der Waals surface area contributed by atoms with E-state index in [0.717, 1.165) is 63.0 Å². The highest BCUT2D eigenvalue weighted by Gasteiger charge is 2.39. The van der Waals surface area contributed by atoms with E-state index in [1.165, 1.54) is 22.5 Å². The van der Waals surface area contributed by atoms with Crippen molar-refractivity contribution in [1.82, 2.24) is 10.6 Å². The van der Waals surface area contributed by atoms with Crippen LogP contribution in [0.4, 0.5) is 11.4 Å². The van der Waals surface area contributed by atoms with Gasteiger partial charge >= 0.3 is 0 Å². The first kappa shape index (κ1) is 34.7. The molecular weight excluding hydrogens is 665 g/mol. The summed E-state index contributed by atoms with van der Waals surface area (Å²) in [5.41, 5.74) is 6.74. The van der Waals surface area contributed by atoms with Gasteiger partial charge in [0.15, 0.2) is 0 Å². The average molecular weight is 713 g/mol. The van der Waals surface area contributed by atoms with Crippen LogP contribution in [0.25, 0.3) is 0 Å². The minimum absolute atomic E-state index is 0.364. The molecule has 8 nitrogen and oxygen atoms in total. The molecule has 4 aliphatic rings. The lowest BCUT2D eigenvalue weighted by Crippen LogP contribution is -2.30. The molecule has 0 amide bonds. The van der Waals surface area contributed by atoms with Crippen molar-refractivity contribution in [3.63, 3.8) is 0 Å². The Morgan fingerprint density at radius 1 is 0.520 bits per heavy atom. The zero-order chi connectivity index (χ0) is 35.2. The number of nitrogens with one attached hydrogen (secondary N) is 2. The second kappa shape index (κ2) is 13.8. The molecule has 4 aromatic carbocycles. The summed E-state index contributed by atoms with van der Waals surface area (Å²) in [6.07, 6.45) is 4.29. The smallest absolute Gasteiger partial charge is 0.206 e. The van der Waals surface area contributed by atoms with E-state index in [0.29, 0.717) is 43.5 Å². The topological polar surface area (TPSA) is 98.8 Å². The molecule has 50 heavy (non-hydrogen) atoms. The van der Waals surface area contributed by atoms with Crippen LogP contribution in [0.2, 0.25) is 0 Å². The number of sulfone groups is 2.